The molecule has 0 aliphatic carbocycles. The van der Waals surface area contributed by atoms with E-state index in [9.17, 15) is 4.79 Å². The summed E-state index contributed by atoms with van der Waals surface area (Å²) in [5.41, 5.74) is 1.87. The molecule has 0 bridgehead atoms. The van der Waals surface area contributed by atoms with Crippen molar-refractivity contribution in [3.63, 3.8) is 0 Å². The lowest BCUT2D eigenvalue weighted by Crippen LogP contribution is -1.87. The molecule has 2 aromatic rings. The van der Waals surface area contributed by atoms with E-state index in [-0.39, 0.29) is 0 Å². The number of aliphatic carboxylic acids is 1. The highest BCUT2D eigenvalue weighted by atomic mass is 32.1. The molecular weight excluding hydrogens is 224 g/mol. The van der Waals surface area contributed by atoms with Crippen LogP contribution >= 0.6 is 11.3 Å². The third-order valence-electron chi connectivity index (χ3n) is 1.98. The highest BCUT2D eigenvalue weighted by Crippen LogP contribution is 2.20. The SMILES string of the molecule is O=C(O)/C=C/Cc1nc(-c2ccc[nH]2)cs1. The Hall–Kier alpha value is -1.88. The van der Waals surface area contributed by atoms with E-state index in [4.69, 9.17) is 5.11 Å². The van der Waals surface area contributed by atoms with Gasteiger partial charge >= 0.3 is 5.97 Å². The van der Waals surface area contributed by atoms with Gasteiger partial charge in [-0.25, -0.2) is 9.78 Å². The molecule has 2 N–H and O–H groups in total. The molecule has 0 fully saturated rings. The molecule has 0 saturated carbocycles. The third kappa shape index (κ3) is 2.58. The highest BCUT2D eigenvalue weighted by Gasteiger charge is 2.03. The molecule has 2 heterocycles. The average Bonchev–Trinajstić information content (AvgIpc) is 2.85. The minimum absolute atomic E-state index is 0.553. The highest BCUT2D eigenvalue weighted by molar-refractivity contribution is 7.09. The van der Waals surface area contributed by atoms with E-state index < -0.39 is 5.97 Å². The van der Waals surface area contributed by atoms with Crippen LogP contribution < -0.4 is 0 Å². The van der Waals surface area contributed by atoms with Crippen LogP contribution in [0.3, 0.4) is 0 Å². The van der Waals surface area contributed by atoms with Crippen molar-refractivity contribution in [2.45, 2.75) is 6.42 Å². The number of hydrogen-bond acceptors (Lipinski definition) is 3. The number of nitrogens with one attached hydrogen (secondary N) is 1. The number of nitrogens with zero attached hydrogens (tertiary/aromatic N) is 1. The summed E-state index contributed by atoms with van der Waals surface area (Å²) in [6, 6.07) is 3.87. The zero-order valence-electron chi connectivity index (χ0n) is 8.38. The Kier molecular flexibility index (Phi) is 3.16. The summed E-state index contributed by atoms with van der Waals surface area (Å²) in [4.78, 5) is 17.7. The van der Waals surface area contributed by atoms with Crippen molar-refractivity contribution in [1.29, 1.82) is 0 Å². The first-order valence-electron chi connectivity index (χ1n) is 4.73. The number of carboxylic acids is 1. The van der Waals surface area contributed by atoms with Gasteiger partial charge in [-0.2, -0.15) is 0 Å². The summed E-state index contributed by atoms with van der Waals surface area (Å²) < 4.78 is 0. The number of aromatic amines is 1. The van der Waals surface area contributed by atoms with Gasteiger partial charge in [-0.3, -0.25) is 0 Å². The summed E-state index contributed by atoms with van der Waals surface area (Å²) in [7, 11) is 0. The van der Waals surface area contributed by atoms with E-state index in [2.05, 4.69) is 9.97 Å². The number of hydrogen-bond donors (Lipinski definition) is 2. The molecule has 0 saturated heterocycles. The fourth-order valence-corrected chi connectivity index (χ4v) is 2.05. The van der Waals surface area contributed by atoms with Gasteiger partial charge in [-0.05, 0) is 12.1 Å². The first kappa shape index (κ1) is 10.6. The van der Waals surface area contributed by atoms with Crippen LogP contribution in [0.2, 0.25) is 0 Å². The number of allylic oxidation sites excluding steroid dienone is 1. The van der Waals surface area contributed by atoms with E-state index in [1.54, 1.807) is 6.08 Å². The van der Waals surface area contributed by atoms with E-state index >= 15 is 0 Å². The van der Waals surface area contributed by atoms with E-state index in [0.29, 0.717) is 6.42 Å². The van der Waals surface area contributed by atoms with Crippen molar-refractivity contribution in [3.05, 3.63) is 40.9 Å². The van der Waals surface area contributed by atoms with Crippen molar-refractivity contribution in [2.24, 2.45) is 0 Å². The van der Waals surface area contributed by atoms with Crippen LogP contribution in [0.5, 0.6) is 0 Å². The van der Waals surface area contributed by atoms with Gasteiger partial charge in [0.15, 0.2) is 0 Å². The van der Waals surface area contributed by atoms with Gasteiger partial charge < -0.3 is 10.1 Å². The molecule has 16 heavy (non-hydrogen) atoms. The predicted octanol–water partition coefficient (Wildman–Crippen LogP) is 2.32. The molecule has 2 aromatic heterocycles. The number of carbonyl (C=O) groups is 1. The molecule has 0 atom stereocenters. The summed E-state index contributed by atoms with van der Waals surface area (Å²) in [5, 5.41) is 11.3. The van der Waals surface area contributed by atoms with Crippen molar-refractivity contribution in [3.8, 4) is 11.4 Å². The first-order valence-corrected chi connectivity index (χ1v) is 5.61. The van der Waals surface area contributed by atoms with Gasteiger partial charge in [0.25, 0.3) is 0 Å². The lowest BCUT2D eigenvalue weighted by atomic mass is 10.3. The molecule has 82 valence electrons. The normalized spacial score (nSPS) is 11.0. The molecule has 0 radical (unpaired) electrons. The number of H-pyrrole nitrogens is 1. The minimum Gasteiger partial charge on any atom is -0.478 e. The monoisotopic (exact) mass is 234 g/mol. The zero-order valence-corrected chi connectivity index (χ0v) is 9.20. The Labute approximate surface area is 96.3 Å². The molecule has 0 aromatic carbocycles. The van der Waals surface area contributed by atoms with E-state index in [0.717, 1.165) is 22.5 Å². The number of aromatic nitrogens is 2. The summed E-state index contributed by atoms with van der Waals surface area (Å²) in [6.07, 6.45) is 5.13. The fraction of sp³-hybridized carbons (Fsp3) is 0.0909. The third-order valence-corrected chi connectivity index (χ3v) is 2.85. The molecule has 5 heteroatoms. The molecule has 0 spiro atoms. The Morgan fingerprint density at radius 2 is 2.50 bits per heavy atom. The quantitative estimate of drug-likeness (QED) is 0.798. The van der Waals surface area contributed by atoms with Crippen LogP contribution in [0, 0.1) is 0 Å². The van der Waals surface area contributed by atoms with Crippen LogP contribution in [0.25, 0.3) is 11.4 Å². The second kappa shape index (κ2) is 4.76. The Balaban J connectivity index is 2.06. The average molecular weight is 234 g/mol. The van der Waals surface area contributed by atoms with Gasteiger partial charge in [-0.1, -0.05) is 6.08 Å². The van der Waals surface area contributed by atoms with Crippen LogP contribution in [0.15, 0.2) is 35.9 Å². The zero-order chi connectivity index (χ0) is 11.4. The Morgan fingerprint density at radius 3 is 3.19 bits per heavy atom. The maximum atomic E-state index is 10.3. The second-order valence-corrected chi connectivity index (χ2v) is 4.10. The van der Waals surface area contributed by atoms with Crippen molar-refractivity contribution >= 4 is 17.3 Å². The lowest BCUT2D eigenvalue weighted by Gasteiger charge is -1.89. The van der Waals surface area contributed by atoms with Gasteiger partial charge in [0.2, 0.25) is 0 Å². The van der Waals surface area contributed by atoms with Gasteiger partial charge in [0, 0.05) is 24.1 Å². The molecule has 0 amide bonds. The maximum absolute atomic E-state index is 10.3. The fourth-order valence-electron chi connectivity index (χ4n) is 1.28. The summed E-state index contributed by atoms with van der Waals surface area (Å²) >= 11 is 1.52. The van der Waals surface area contributed by atoms with Gasteiger partial charge in [0.05, 0.1) is 16.4 Å². The number of carboxylic acid groups (broad SMARTS) is 1. The molecule has 2 rings (SSSR count). The maximum Gasteiger partial charge on any atom is 0.327 e. The smallest absolute Gasteiger partial charge is 0.327 e. The molecule has 0 aliphatic rings. The molecule has 0 aliphatic heterocycles. The number of rotatable bonds is 4. The van der Waals surface area contributed by atoms with Crippen LogP contribution in [-0.4, -0.2) is 21.0 Å². The summed E-state index contributed by atoms with van der Waals surface area (Å²) in [6.45, 7) is 0. The molecule has 0 unspecified atom stereocenters. The largest absolute Gasteiger partial charge is 0.478 e. The van der Waals surface area contributed by atoms with Crippen molar-refractivity contribution in [1.82, 2.24) is 9.97 Å². The van der Waals surface area contributed by atoms with Crippen LogP contribution in [0.4, 0.5) is 0 Å². The topological polar surface area (TPSA) is 66.0 Å². The first-order chi connectivity index (χ1) is 7.75. The minimum atomic E-state index is -0.929. The Morgan fingerprint density at radius 1 is 1.62 bits per heavy atom. The van der Waals surface area contributed by atoms with E-state index in [1.165, 1.54) is 11.3 Å². The lowest BCUT2D eigenvalue weighted by molar-refractivity contribution is -0.131. The van der Waals surface area contributed by atoms with Crippen LogP contribution in [-0.2, 0) is 11.2 Å². The Bertz CT molecular complexity index is 500. The molecular formula is C11H10N2O2S. The van der Waals surface area contributed by atoms with Gasteiger partial charge in [-0.15, -0.1) is 11.3 Å². The van der Waals surface area contributed by atoms with Gasteiger partial charge in [0.1, 0.15) is 0 Å². The van der Waals surface area contributed by atoms with Crippen LogP contribution in [0.1, 0.15) is 5.01 Å². The van der Waals surface area contributed by atoms with E-state index in [1.807, 2.05) is 23.7 Å². The molecule has 4 nitrogen and oxygen atoms in total. The second-order valence-electron chi connectivity index (χ2n) is 3.16. The summed E-state index contributed by atoms with van der Waals surface area (Å²) in [5.74, 6) is -0.929. The predicted molar refractivity (Wildman–Crippen MR) is 62.4 cm³/mol. The number of thiazole rings is 1. The van der Waals surface area contributed by atoms with Crippen molar-refractivity contribution in [2.75, 3.05) is 0 Å². The van der Waals surface area contributed by atoms with Crippen molar-refractivity contribution < 1.29 is 9.90 Å². The standard InChI is InChI=1S/C11H10N2O2S/c14-11(15)5-1-4-10-13-9(7-16-10)8-3-2-6-12-8/h1-3,5-7,12H,4H2,(H,14,15)/b5-1+.